The van der Waals surface area contributed by atoms with Gasteiger partial charge in [0.1, 0.15) is 17.6 Å². The molecule has 2 aliphatic rings. The minimum atomic E-state index is -4.86. The number of methoxy groups -OCH3 is 1. The molecule has 2 aromatic carbocycles. The number of anilines is 1. The molecule has 2 unspecified atom stereocenters. The molecule has 0 radical (unpaired) electrons. The number of ether oxygens (including phenoxy) is 2. The van der Waals surface area contributed by atoms with Gasteiger partial charge in [0, 0.05) is 58.0 Å². The summed E-state index contributed by atoms with van der Waals surface area (Å²) in [5.41, 5.74) is 0.623. The fourth-order valence-corrected chi connectivity index (χ4v) is 6.54. The number of benzene rings is 2. The number of nitrogens with zero attached hydrogens (tertiary/aromatic N) is 5. The summed E-state index contributed by atoms with van der Waals surface area (Å²) in [4.78, 5) is 75.3. The molecule has 0 spiro atoms. The van der Waals surface area contributed by atoms with E-state index in [0.717, 1.165) is 19.3 Å². The van der Waals surface area contributed by atoms with Crippen LogP contribution >= 0.6 is 7.60 Å². The third kappa shape index (κ3) is 8.37. The Morgan fingerprint density at radius 1 is 0.979 bits per heavy atom. The Labute approximate surface area is 279 Å². The van der Waals surface area contributed by atoms with Crippen LogP contribution in [0.1, 0.15) is 48.3 Å². The van der Waals surface area contributed by atoms with Crippen molar-refractivity contribution >= 4 is 36.6 Å². The molecule has 2 atom stereocenters. The average molecular weight is 681 g/mol. The monoisotopic (exact) mass is 680 g/mol. The van der Waals surface area contributed by atoms with E-state index < -0.39 is 31.5 Å². The molecule has 3 aromatic rings. The lowest BCUT2D eigenvalue weighted by molar-refractivity contribution is -0.135. The van der Waals surface area contributed by atoms with Crippen LogP contribution in [0, 0.1) is 0 Å². The maximum Gasteiger partial charge on any atom is 0.409 e. The lowest BCUT2D eigenvalue weighted by atomic mass is 10.0. The zero-order chi connectivity index (χ0) is 34.3. The standard InChI is InChI=1S/C33H41N6O8P/c1-3-4-20-47-33(42)38-18-16-37(17-19-38)32(41)29(25-12-8-9-13-27(25)48(43,44)45)36-31(40)26-21-28(39-15-14-24(22-39)46-2)35-30(34-26)23-10-6-5-7-11-23/h5-13,21,24,29H,3-4,14-20,22H2,1-2H3,(H,36,40)(H2,43,44,45). The molecular formula is C33H41N6O8P. The van der Waals surface area contributed by atoms with E-state index in [0.29, 0.717) is 36.9 Å². The molecule has 0 bridgehead atoms. The van der Waals surface area contributed by atoms with Crippen LogP contribution in [0.2, 0.25) is 0 Å². The molecule has 14 nitrogen and oxygen atoms in total. The lowest BCUT2D eigenvalue weighted by Gasteiger charge is -2.36. The topological polar surface area (TPSA) is 175 Å². The fourth-order valence-electron chi connectivity index (χ4n) is 5.72. The van der Waals surface area contributed by atoms with Crippen LogP contribution in [0.4, 0.5) is 10.6 Å². The predicted octanol–water partition coefficient (Wildman–Crippen LogP) is 2.72. The molecule has 5 rings (SSSR count). The van der Waals surface area contributed by atoms with Gasteiger partial charge in [0.2, 0.25) is 5.91 Å². The SMILES string of the molecule is CCCCOC(=O)N1CCN(C(=O)C(NC(=O)c2cc(N3CCC(OC)C3)nc(-c3ccccc3)n2)c2ccccc2P(=O)(O)O)CC1. The van der Waals surface area contributed by atoms with Crippen LogP contribution in [-0.4, -0.2) is 107 Å². The number of carbonyl (C=O) groups is 3. The Morgan fingerprint density at radius 3 is 2.33 bits per heavy atom. The van der Waals surface area contributed by atoms with Crippen molar-refractivity contribution in [3.8, 4) is 11.4 Å². The van der Waals surface area contributed by atoms with E-state index in [9.17, 15) is 28.7 Å². The number of hydrogen-bond donors (Lipinski definition) is 3. The smallest absolute Gasteiger partial charge is 0.409 e. The van der Waals surface area contributed by atoms with Gasteiger partial charge >= 0.3 is 13.7 Å². The molecule has 0 aliphatic carbocycles. The number of carbonyl (C=O) groups excluding carboxylic acids is 3. The van der Waals surface area contributed by atoms with Gasteiger partial charge in [-0.25, -0.2) is 14.8 Å². The normalized spacial score (nSPS) is 17.2. The number of unbranched alkanes of at least 4 members (excludes halogenated alkanes) is 1. The van der Waals surface area contributed by atoms with Gasteiger partial charge in [-0.15, -0.1) is 0 Å². The molecule has 3 N–H and O–H groups in total. The van der Waals surface area contributed by atoms with Crippen molar-refractivity contribution in [1.29, 1.82) is 0 Å². The summed E-state index contributed by atoms with van der Waals surface area (Å²) in [5.74, 6) is -0.493. The summed E-state index contributed by atoms with van der Waals surface area (Å²) in [5, 5.41) is 2.35. The summed E-state index contributed by atoms with van der Waals surface area (Å²) < 4.78 is 23.4. The summed E-state index contributed by atoms with van der Waals surface area (Å²) in [7, 11) is -3.21. The van der Waals surface area contributed by atoms with E-state index >= 15 is 0 Å². The number of piperazine rings is 1. The van der Waals surface area contributed by atoms with E-state index in [1.54, 1.807) is 19.2 Å². The first-order valence-electron chi connectivity index (χ1n) is 16.0. The number of nitrogens with one attached hydrogen (secondary N) is 1. The Balaban J connectivity index is 1.45. The number of rotatable bonds is 11. The third-order valence-electron chi connectivity index (χ3n) is 8.44. The highest BCUT2D eigenvalue weighted by atomic mass is 31.2. The molecule has 48 heavy (non-hydrogen) atoms. The van der Waals surface area contributed by atoms with Gasteiger partial charge in [0.05, 0.1) is 18.0 Å². The van der Waals surface area contributed by atoms with E-state index in [1.165, 1.54) is 28.0 Å². The first kappa shape index (κ1) is 35.0. The molecule has 15 heteroatoms. The van der Waals surface area contributed by atoms with Gasteiger partial charge in [-0.2, -0.15) is 0 Å². The Morgan fingerprint density at radius 2 is 1.67 bits per heavy atom. The van der Waals surface area contributed by atoms with Crippen molar-refractivity contribution in [1.82, 2.24) is 25.1 Å². The van der Waals surface area contributed by atoms with Crippen molar-refractivity contribution in [3.05, 3.63) is 71.9 Å². The van der Waals surface area contributed by atoms with Crippen LogP contribution in [0.3, 0.4) is 0 Å². The van der Waals surface area contributed by atoms with Crippen LogP contribution in [-0.2, 0) is 18.8 Å². The predicted molar refractivity (Wildman–Crippen MR) is 178 cm³/mol. The van der Waals surface area contributed by atoms with Crippen LogP contribution in [0.25, 0.3) is 11.4 Å². The van der Waals surface area contributed by atoms with Crippen LogP contribution in [0.5, 0.6) is 0 Å². The lowest BCUT2D eigenvalue weighted by Crippen LogP contribution is -2.54. The fraction of sp³-hybridized carbons (Fsp3) is 0.424. The molecule has 1 aromatic heterocycles. The largest absolute Gasteiger partial charge is 0.449 e. The van der Waals surface area contributed by atoms with Crippen molar-refractivity contribution < 1.29 is 38.2 Å². The minimum absolute atomic E-state index is 0.00207. The molecule has 3 heterocycles. The van der Waals surface area contributed by atoms with Crippen LogP contribution in [0.15, 0.2) is 60.7 Å². The van der Waals surface area contributed by atoms with Gasteiger partial charge in [-0.3, -0.25) is 14.2 Å². The Kier molecular flexibility index (Phi) is 11.4. The Bertz CT molecular complexity index is 1650. The first-order chi connectivity index (χ1) is 23.1. The molecule has 256 valence electrons. The second-order valence-corrected chi connectivity index (χ2v) is 13.3. The summed E-state index contributed by atoms with van der Waals surface area (Å²) in [6.07, 6.45) is 1.95. The summed E-state index contributed by atoms with van der Waals surface area (Å²) in [6, 6.07) is 14.9. The minimum Gasteiger partial charge on any atom is -0.449 e. The van der Waals surface area contributed by atoms with Crippen molar-refractivity contribution in [2.24, 2.45) is 0 Å². The van der Waals surface area contributed by atoms with E-state index in [4.69, 9.17) is 14.5 Å². The number of amides is 3. The van der Waals surface area contributed by atoms with E-state index in [1.807, 2.05) is 42.2 Å². The van der Waals surface area contributed by atoms with Crippen molar-refractivity contribution in [3.63, 3.8) is 0 Å². The van der Waals surface area contributed by atoms with E-state index in [2.05, 4.69) is 10.3 Å². The maximum absolute atomic E-state index is 14.1. The highest BCUT2D eigenvalue weighted by Crippen LogP contribution is 2.37. The van der Waals surface area contributed by atoms with E-state index in [-0.39, 0.29) is 48.8 Å². The zero-order valence-corrected chi connectivity index (χ0v) is 27.9. The molecule has 0 saturated carbocycles. The van der Waals surface area contributed by atoms with Crippen LogP contribution < -0.4 is 15.5 Å². The zero-order valence-electron chi connectivity index (χ0n) is 27.0. The summed E-state index contributed by atoms with van der Waals surface area (Å²) in [6.45, 7) is 4.20. The first-order valence-corrected chi connectivity index (χ1v) is 17.6. The van der Waals surface area contributed by atoms with Gasteiger partial charge in [-0.1, -0.05) is 61.9 Å². The number of hydrogen-bond acceptors (Lipinski definition) is 9. The maximum atomic E-state index is 14.1. The molecule has 2 aliphatic heterocycles. The van der Waals surface area contributed by atoms with Crippen molar-refractivity contribution in [2.75, 3.05) is 57.9 Å². The molecule has 2 saturated heterocycles. The highest BCUT2D eigenvalue weighted by molar-refractivity contribution is 7.60. The van der Waals surface area contributed by atoms with Gasteiger partial charge < -0.3 is 39.3 Å². The van der Waals surface area contributed by atoms with Crippen molar-refractivity contribution in [2.45, 2.75) is 38.3 Å². The van der Waals surface area contributed by atoms with Gasteiger partial charge in [-0.05, 0) is 24.5 Å². The second-order valence-electron chi connectivity index (χ2n) is 11.7. The summed E-state index contributed by atoms with van der Waals surface area (Å²) >= 11 is 0. The van der Waals surface area contributed by atoms with Gasteiger partial charge in [0.15, 0.2) is 5.82 Å². The number of aromatic nitrogens is 2. The second kappa shape index (κ2) is 15.7. The Hall–Kier alpha value is -4.36. The quantitative estimate of drug-likeness (QED) is 0.201. The molecule has 3 amide bonds. The molecule has 2 fully saturated rings. The average Bonchev–Trinajstić information content (AvgIpc) is 3.60. The third-order valence-corrected chi connectivity index (χ3v) is 9.47. The van der Waals surface area contributed by atoms with Gasteiger partial charge in [0.25, 0.3) is 5.91 Å². The highest BCUT2D eigenvalue weighted by Gasteiger charge is 2.36. The molecular weight excluding hydrogens is 639 g/mol.